The molecule has 0 bridgehead atoms. The number of hydrogen-bond donors (Lipinski definition) is 2. The van der Waals surface area contributed by atoms with E-state index in [1.165, 1.54) is 6.08 Å². The van der Waals surface area contributed by atoms with Gasteiger partial charge in [0.05, 0.1) is 10.6 Å². The van der Waals surface area contributed by atoms with Gasteiger partial charge in [0.2, 0.25) is 5.91 Å². The summed E-state index contributed by atoms with van der Waals surface area (Å²) in [6.45, 7) is 0. The predicted molar refractivity (Wildman–Crippen MR) is 127 cm³/mol. The number of carbonyl (C=O) groups is 2. The lowest BCUT2D eigenvalue weighted by Gasteiger charge is -2.22. The Morgan fingerprint density at radius 3 is 2.24 bits per heavy atom. The second-order valence-corrected chi connectivity index (χ2v) is 8.96. The van der Waals surface area contributed by atoms with Gasteiger partial charge < -0.3 is 10.6 Å². The fourth-order valence-corrected chi connectivity index (χ4v) is 4.03. The largest absolute Gasteiger partial charge is 0.417 e. The van der Waals surface area contributed by atoms with Crippen molar-refractivity contribution in [1.29, 1.82) is 0 Å². The van der Waals surface area contributed by atoms with Gasteiger partial charge in [0.1, 0.15) is 0 Å². The van der Waals surface area contributed by atoms with Gasteiger partial charge >= 0.3 is 12.4 Å². The normalized spacial score (nSPS) is 15.1. The molecule has 1 saturated carbocycles. The maximum Gasteiger partial charge on any atom is 0.417 e. The molecule has 1 atom stereocenters. The number of hydrogen-bond acceptors (Lipinski definition) is 2. The number of fused-ring (bicyclic) bond motifs is 1. The first-order chi connectivity index (χ1) is 17.3. The van der Waals surface area contributed by atoms with Crippen molar-refractivity contribution in [3.63, 3.8) is 0 Å². The second kappa shape index (κ2) is 10.1. The molecular formula is C26H19ClF6N2O2. The van der Waals surface area contributed by atoms with Crippen molar-refractivity contribution in [2.45, 2.75) is 37.3 Å². The van der Waals surface area contributed by atoms with Crippen molar-refractivity contribution in [2.24, 2.45) is 0 Å². The van der Waals surface area contributed by atoms with Crippen LogP contribution in [0.5, 0.6) is 0 Å². The summed E-state index contributed by atoms with van der Waals surface area (Å²) >= 11 is 5.50. The summed E-state index contributed by atoms with van der Waals surface area (Å²) in [6.07, 6.45) is -6.11. The Morgan fingerprint density at radius 2 is 1.62 bits per heavy atom. The zero-order valence-electron chi connectivity index (χ0n) is 18.9. The third-order valence-electron chi connectivity index (χ3n) is 5.77. The Balaban J connectivity index is 1.59. The first-order valence-electron chi connectivity index (χ1n) is 11.1. The number of rotatable bonds is 6. The van der Waals surface area contributed by atoms with Crippen LogP contribution in [-0.2, 0) is 11.0 Å². The van der Waals surface area contributed by atoms with Gasteiger partial charge in [-0.25, -0.2) is 0 Å². The van der Waals surface area contributed by atoms with E-state index in [2.05, 4.69) is 5.32 Å². The molecule has 2 N–H and O–H groups in total. The van der Waals surface area contributed by atoms with Gasteiger partial charge in [0.15, 0.2) is 6.04 Å². The lowest BCUT2D eigenvalue weighted by Crippen LogP contribution is -2.37. The molecule has 1 aliphatic rings. The first kappa shape index (κ1) is 26.5. The van der Waals surface area contributed by atoms with E-state index in [0.29, 0.717) is 28.0 Å². The molecule has 4 rings (SSSR count). The van der Waals surface area contributed by atoms with Crippen molar-refractivity contribution < 1.29 is 35.9 Å². The molecule has 3 aromatic rings. The Hall–Kier alpha value is -3.53. The molecule has 0 heterocycles. The Kier molecular flexibility index (Phi) is 7.23. The fraction of sp³-hybridized carbons (Fsp3) is 0.231. The molecule has 2 amide bonds. The summed E-state index contributed by atoms with van der Waals surface area (Å²) in [5.74, 6) is -1.42. The number of carbonyl (C=O) groups excluding carboxylic acids is 2. The SMILES string of the molecule is O=C(/C=C/c1ccc(C(=O)NC2CC2)c2ccccc12)NC(c1ccc(Cl)c(C(F)(F)F)c1)C(F)(F)F. The average molecular weight is 541 g/mol. The van der Waals surface area contributed by atoms with Crippen molar-refractivity contribution in [1.82, 2.24) is 10.6 Å². The fourth-order valence-electron chi connectivity index (χ4n) is 3.81. The molecule has 11 heteroatoms. The van der Waals surface area contributed by atoms with Crippen LogP contribution >= 0.6 is 11.6 Å². The Labute approximate surface area is 212 Å². The van der Waals surface area contributed by atoms with Gasteiger partial charge in [-0.3, -0.25) is 9.59 Å². The number of nitrogens with one attached hydrogen (secondary N) is 2. The van der Waals surface area contributed by atoms with E-state index in [4.69, 9.17) is 11.6 Å². The molecule has 0 saturated heterocycles. The third-order valence-corrected chi connectivity index (χ3v) is 6.10. The molecule has 37 heavy (non-hydrogen) atoms. The summed E-state index contributed by atoms with van der Waals surface area (Å²) in [6, 6.07) is 9.16. The molecule has 3 aromatic carbocycles. The highest BCUT2D eigenvalue weighted by atomic mass is 35.5. The van der Waals surface area contributed by atoms with Gasteiger partial charge in [0, 0.05) is 17.7 Å². The van der Waals surface area contributed by atoms with Crippen molar-refractivity contribution >= 4 is 40.3 Å². The van der Waals surface area contributed by atoms with Crippen LogP contribution in [0, 0.1) is 0 Å². The zero-order valence-corrected chi connectivity index (χ0v) is 19.6. The number of halogens is 7. The Bertz CT molecular complexity index is 1380. The molecule has 194 valence electrons. The maximum absolute atomic E-state index is 13.7. The van der Waals surface area contributed by atoms with Gasteiger partial charge in [-0.15, -0.1) is 0 Å². The van der Waals surface area contributed by atoms with E-state index < -0.39 is 40.5 Å². The van der Waals surface area contributed by atoms with Crippen LogP contribution in [0.4, 0.5) is 26.3 Å². The van der Waals surface area contributed by atoms with E-state index in [9.17, 15) is 35.9 Å². The van der Waals surface area contributed by atoms with Crippen LogP contribution in [0.15, 0.2) is 60.7 Å². The molecular weight excluding hydrogens is 522 g/mol. The highest BCUT2D eigenvalue weighted by Gasteiger charge is 2.43. The molecule has 1 fully saturated rings. The average Bonchev–Trinajstić information content (AvgIpc) is 3.64. The minimum atomic E-state index is -5.08. The van der Waals surface area contributed by atoms with Crippen LogP contribution in [0.1, 0.15) is 45.9 Å². The van der Waals surface area contributed by atoms with Crippen LogP contribution in [0.2, 0.25) is 5.02 Å². The molecule has 1 unspecified atom stereocenters. The molecule has 1 aliphatic carbocycles. The monoisotopic (exact) mass is 540 g/mol. The van der Waals surface area contributed by atoms with E-state index >= 15 is 0 Å². The van der Waals surface area contributed by atoms with Gasteiger partial charge in [-0.1, -0.05) is 48.0 Å². The first-order valence-corrected chi connectivity index (χ1v) is 11.5. The molecule has 4 nitrogen and oxygen atoms in total. The van der Waals surface area contributed by atoms with Gasteiger partial charge in [0.25, 0.3) is 5.91 Å². The molecule has 0 aromatic heterocycles. The lowest BCUT2D eigenvalue weighted by molar-refractivity contribution is -0.162. The summed E-state index contributed by atoms with van der Waals surface area (Å²) in [5, 5.41) is 5.04. The lowest BCUT2D eigenvalue weighted by atomic mass is 9.98. The molecule has 0 radical (unpaired) electrons. The summed E-state index contributed by atoms with van der Waals surface area (Å²) in [7, 11) is 0. The summed E-state index contributed by atoms with van der Waals surface area (Å²) in [5.41, 5.74) is -1.38. The summed E-state index contributed by atoms with van der Waals surface area (Å²) < 4.78 is 80.5. The topological polar surface area (TPSA) is 58.2 Å². The second-order valence-electron chi connectivity index (χ2n) is 8.55. The van der Waals surface area contributed by atoms with E-state index in [-0.39, 0.29) is 18.0 Å². The van der Waals surface area contributed by atoms with Crippen LogP contribution in [0.3, 0.4) is 0 Å². The van der Waals surface area contributed by atoms with Crippen molar-refractivity contribution in [3.8, 4) is 0 Å². The van der Waals surface area contributed by atoms with Crippen LogP contribution in [0.25, 0.3) is 16.8 Å². The van der Waals surface area contributed by atoms with E-state index in [1.807, 2.05) is 0 Å². The minimum Gasteiger partial charge on any atom is -0.349 e. The third kappa shape index (κ3) is 6.25. The molecule has 0 aliphatic heterocycles. The van der Waals surface area contributed by atoms with Crippen molar-refractivity contribution in [3.05, 3.63) is 87.9 Å². The minimum absolute atomic E-state index is 0.143. The van der Waals surface area contributed by atoms with Gasteiger partial charge in [-0.05, 0) is 59.0 Å². The molecule has 0 spiro atoms. The van der Waals surface area contributed by atoms with Crippen molar-refractivity contribution in [2.75, 3.05) is 0 Å². The summed E-state index contributed by atoms with van der Waals surface area (Å²) in [4.78, 5) is 25.0. The van der Waals surface area contributed by atoms with E-state index in [1.54, 1.807) is 41.7 Å². The zero-order chi connectivity index (χ0) is 27.0. The number of alkyl halides is 6. The smallest absolute Gasteiger partial charge is 0.349 e. The number of amides is 2. The number of benzene rings is 3. The van der Waals surface area contributed by atoms with Crippen LogP contribution in [-0.4, -0.2) is 24.0 Å². The highest BCUT2D eigenvalue weighted by molar-refractivity contribution is 6.31. The predicted octanol–water partition coefficient (Wildman–Crippen LogP) is 6.84. The maximum atomic E-state index is 13.7. The highest BCUT2D eigenvalue weighted by Crippen LogP contribution is 2.39. The van der Waals surface area contributed by atoms with E-state index in [0.717, 1.165) is 25.0 Å². The van der Waals surface area contributed by atoms with Crippen LogP contribution < -0.4 is 10.6 Å². The quantitative estimate of drug-likeness (QED) is 0.266. The standard InChI is InChI=1S/C26H19ClF6N2O2/c27-21-11-6-15(13-20(21)25(28,29)30)23(26(31,32)33)35-22(36)12-7-14-5-10-19(24(37)34-16-8-9-16)18-4-2-1-3-17(14)18/h1-7,10-13,16,23H,8-9H2,(H,34,37)(H,35,36)/b12-7+. The van der Waals surface area contributed by atoms with Gasteiger partial charge in [-0.2, -0.15) is 26.3 Å². The Morgan fingerprint density at radius 1 is 0.946 bits per heavy atom.